The van der Waals surface area contributed by atoms with Gasteiger partial charge < -0.3 is 16.0 Å². The topological polar surface area (TPSA) is 88.3 Å². The molecule has 1 aromatic heterocycles. The van der Waals surface area contributed by atoms with E-state index in [0.29, 0.717) is 37.3 Å². The predicted molar refractivity (Wildman–Crippen MR) is 106 cm³/mol. The second kappa shape index (κ2) is 9.66. The summed E-state index contributed by atoms with van der Waals surface area (Å²) in [6.45, 7) is 1.91. The van der Waals surface area contributed by atoms with Crippen molar-refractivity contribution in [2.45, 2.75) is 32.2 Å². The summed E-state index contributed by atoms with van der Waals surface area (Å²) >= 11 is 1.44. The summed E-state index contributed by atoms with van der Waals surface area (Å²) in [4.78, 5) is 30.4. The van der Waals surface area contributed by atoms with E-state index in [-0.39, 0.29) is 24.2 Å². The molecule has 2 heterocycles. The van der Waals surface area contributed by atoms with Crippen LogP contribution in [-0.2, 0) is 17.8 Å². The van der Waals surface area contributed by atoms with Crippen molar-refractivity contribution >= 4 is 41.2 Å². The number of hydrogen-bond acceptors (Lipinski definition) is 5. The monoisotopic (exact) mass is 394 g/mol. The van der Waals surface area contributed by atoms with Gasteiger partial charge in [-0.05, 0) is 37.1 Å². The van der Waals surface area contributed by atoms with Gasteiger partial charge in [0, 0.05) is 37.0 Å². The minimum absolute atomic E-state index is 0. The molecule has 2 aromatic rings. The van der Waals surface area contributed by atoms with E-state index in [1.54, 1.807) is 5.38 Å². The molecule has 8 heteroatoms. The zero-order valence-corrected chi connectivity index (χ0v) is 16.1. The molecule has 0 saturated carbocycles. The van der Waals surface area contributed by atoms with Crippen molar-refractivity contribution < 1.29 is 9.59 Å². The van der Waals surface area contributed by atoms with Crippen LogP contribution in [0.25, 0.3) is 0 Å². The maximum Gasteiger partial charge on any atom is 0.275 e. The van der Waals surface area contributed by atoms with Gasteiger partial charge in [0.15, 0.2) is 0 Å². The molecule has 1 saturated heterocycles. The van der Waals surface area contributed by atoms with E-state index in [1.165, 1.54) is 11.3 Å². The predicted octanol–water partition coefficient (Wildman–Crippen LogP) is 2.83. The van der Waals surface area contributed by atoms with E-state index < -0.39 is 0 Å². The Balaban J connectivity index is 0.00000243. The van der Waals surface area contributed by atoms with Crippen molar-refractivity contribution in [1.82, 2.24) is 9.88 Å². The molecule has 140 valence electrons. The third-order valence-corrected chi connectivity index (χ3v) is 5.03. The van der Waals surface area contributed by atoms with Crippen LogP contribution in [0.3, 0.4) is 0 Å². The Labute approximate surface area is 163 Å². The normalized spacial score (nSPS) is 14.0. The van der Waals surface area contributed by atoms with Gasteiger partial charge in [0.25, 0.3) is 5.91 Å². The summed E-state index contributed by atoms with van der Waals surface area (Å²) in [7, 11) is 0. The Morgan fingerprint density at radius 2 is 2.19 bits per heavy atom. The lowest BCUT2D eigenvalue weighted by molar-refractivity contribution is -0.133. The number of nitrogens with two attached hydrogens (primary N) is 1. The number of carbonyl (C=O) groups excluding carboxylic acids is 2. The molecule has 6 nitrogen and oxygen atoms in total. The number of anilines is 1. The zero-order chi connectivity index (χ0) is 17.6. The number of piperidine rings is 1. The number of hydrogen-bond donors (Lipinski definition) is 2. The molecule has 1 aliphatic rings. The molecule has 0 atom stereocenters. The molecule has 3 rings (SSSR count). The standard InChI is InChI=1S/C18H22N4O2S.ClH/c19-8-7-16-21-15(12-25-16)18(24)20-14-5-3-4-13(10-14)11-22-9-2-1-6-17(22)23;/h3-5,10,12H,1-2,6-9,11,19H2,(H,20,24);1H. The maximum absolute atomic E-state index is 12.3. The number of aromatic nitrogens is 1. The van der Waals surface area contributed by atoms with Gasteiger partial charge >= 0.3 is 0 Å². The van der Waals surface area contributed by atoms with Crippen LogP contribution >= 0.6 is 23.7 Å². The highest BCUT2D eigenvalue weighted by atomic mass is 35.5. The molecule has 1 aromatic carbocycles. The molecule has 0 spiro atoms. The van der Waals surface area contributed by atoms with Gasteiger partial charge in [-0.3, -0.25) is 9.59 Å². The quantitative estimate of drug-likeness (QED) is 0.788. The number of nitrogens with zero attached hydrogens (tertiary/aromatic N) is 2. The first kappa shape index (κ1) is 20.4. The van der Waals surface area contributed by atoms with E-state index in [2.05, 4.69) is 10.3 Å². The minimum Gasteiger partial charge on any atom is -0.338 e. The third kappa shape index (κ3) is 5.27. The van der Waals surface area contributed by atoms with Crippen molar-refractivity contribution in [2.75, 3.05) is 18.4 Å². The number of rotatable bonds is 6. The minimum atomic E-state index is -0.231. The molecule has 1 aliphatic heterocycles. The summed E-state index contributed by atoms with van der Waals surface area (Å²) in [6, 6.07) is 7.61. The highest BCUT2D eigenvalue weighted by Gasteiger charge is 2.18. The van der Waals surface area contributed by atoms with Crippen LogP contribution < -0.4 is 11.1 Å². The van der Waals surface area contributed by atoms with Crippen LogP contribution in [-0.4, -0.2) is 34.8 Å². The van der Waals surface area contributed by atoms with E-state index in [1.807, 2.05) is 29.2 Å². The van der Waals surface area contributed by atoms with Crippen LogP contribution in [0.2, 0.25) is 0 Å². The van der Waals surface area contributed by atoms with Crippen LogP contribution in [0.15, 0.2) is 29.6 Å². The van der Waals surface area contributed by atoms with Crippen molar-refractivity contribution in [3.63, 3.8) is 0 Å². The van der Waals surface area contributed by atoms with Gasteiger partial charge in [-0.25, -0.2) is 4.98 Å². The second-order valence-electron chi connectivity index (χ2n) is 6.09. The SMILES string of the molecule is Cl.NCCc1nc(C(=O)Nc2cccc(CN3CCCCC3=O)c2)cs1. The Bertz CT molecular complexity index is 765. The summed E-state index contributed by atoms with van der Waals surface area (Å²) in [5.74, 6) is -0.0266. The lowest BCUT2D eigenvalue weighted by Gasteiger charge is -2.26. The first-order valence-corrected chi connectivity index (χ1v) is 9.36. The lowest BCUT2D eigenvalue weighted by atomic mass is 10.1. The second-order valence-corrected chi connectivity index (χ2v) is 7.03. The molecule has 3 N–H and O–H groups in total. The van der Waals surface area contributed by atoms with Crippen LogP contribution in [0, 0.1) is 0 Å². The number of benzene rings is 1. The highest BCUT2D eigenvalue weighted by Crippen LogP contribution is 2.18. The van der Waals surface area contributed by atoms with Gasteiger partial charge in [0.2, 0.25) is 5.91 Å². The average molecular weight is 395 g/mol. The van der Waals surface area contributed by atoms with Crippen LogP contribution in [0.1, 0.15) is 40.3 Å². The number of carbonyl (C=O) groups is 2. The summed E-state index contributed by atoms with van der Waals surface area (Å²) < 4.78 is 0. The van der Waals surface area contributed by atoms with E-state index >= 15 is 0 Å². The number of amides is 2. The van der Waals surface area contributed by atoms with Gasteiger partial charge in [-0.2, -0.15) is 0 Å². The molecule has 0 radical (unpaired) electrons. The first-order valence-electron chi connectivity index (χ1n) is 8.48. The third-order valence-electron chi connectivity index (χ3n) is 4.12. The van der Waals surface area contributed by atoms with Crippen molar-refractivity contribution in [1.29, 1.82) is 0 Å². The first-order chi connectivity index (χ1) is 12.2. The number of likely N-dealkylation sites (tertiary alicyclic amines) is 1. The largest absolute Gasteiger partial charge is 0.338 e. The van der Waals surface area contributed by atoms with Gasteiger partial charge in [0.05, 0.1) is 5.01 Å². The summed E-state index contributed by atoms with van der Waals surface area (Å²) in [6.07, 6.45) is 3.34. The zero-order valence-electron chi connectivity index (χ0n) is 14.4. The van der Waals surface area contributed by atoms with Crippen LogP contribution in [0.4, 0.5) is 5.69 Å². The Morgan fingerprint density at radius 1 is 1.35 bits per heavy atom. The smallest absolute Gasteiger partial charge is 0.275 e. The Hall–Kier alpha value is -1.96. The molecule has 0 aliphatic carbocycles. The number of halogens is 1. The Morgan fingerprint density at radius 3 is 2.96 bits per heavy atom. The fraction of sp³-hybridized carbons (Fsp3) is 0.389. The summed E-state index contributed by atoms with van der Waals surface area (Å²) in [5.41, 5.74) is 7.64. The number of thiazole rings is 1. The Kier molecular flexibility index (Phi) is 7.56. The number of nitrogens with one attached hydrogen (secondary N) is 1. The van der Waals surface area contributed by atoms with Gasteiger partial charge in [-0.1, -0.05) is 12.1 Å². The lowest BCUT2D eigenvalue weighted by Crippen LogP contribution is -2.34. The van der Waals surface area contributed by atoms with E-state index in [4.69, 9.17) is 5.73 Å². The average Bonchev–Trinajstić information content (AvgIpc) is 3.07. The molecule has 2 amide bonds. The molecule has 0 unspecified atom stereocenters. The van der Waals surface area contributed by atoms with Crippen LogP contribution in [0.5, 0.6) is 0 Å². The fourth-order valence-corrected chi connectivity index (χ4v) is 3.64. The molecular weight excluding hydrogens is 372 g/mol. The van der Waals surface area contributed by atoms with Crippen molar-refractivity contribution in [3.05, 3.63) is 45.9 Å². The van der Waals surface area contributed by atoms with E-state index in [9.17, 15) is 9.59 Å². The molecular formula is C18H23ClN4O2S. The molecule has 1 fully saturated rings. The maximum atomic E-state index is 12.3. The molecule has 26 heavy (non-hydrogen) atoms. The fourth-order valence-electron chi connectivity index (χ4n) is 2.85. The molecule has 0 bridgehead atoms. The summed E-state index contributed by atoms with van der Waals surface area (Å²) in [5, 5.41) is 5.49. The van der Waals surface area contributed by atoms with E-state index in [0.717, 1.165) is 30.0 Å². The van der Waals surface area contributed by atoms with Crippen molar-refractivity contribution in [3.8, 4) is 0 Å². The highest BCUT2D eigenvalue weighted by molar-refractivity contribution is 7.09. The van der Waals surface area contributed by atoms with Gasteiger partial charge in [-0.15, -0.1) is 23.7 Å². The van der Waals surface area contributed by atoms with Gasteiger partial charge in [0.1, 0.15) is 5.69 Å². The van der Waals surface area contributed by atoms with Crippen molar-refractivity contribution in [2.24, 2.45) is 5.73 Å².